The summed E-state index contributed by atoms with van der Waals surface area (Å²) in [4.78, 5) is 22.4. The van der Waals surface area contributed by atoms with Crippen LogP contribution in [0, 0.1) is 20.8 Å². The Hall–Kier alpha value is -7.37. The molecule has 0 amide bonds. The summed E-state index contributed by atoms with van der Waals surface area (Å²) in [6, 6.07) is 70.1. The van der Waals surface area contributed by atoms with Gasteiger partial charge in [0.25, 0.3) is 0 Å². The van der Waals surface area contributed by atoms with Gasteiger partial charge in [0.15, 0.2) is 11.6 Å². The van der Waals surface area contributed by atoms with Crippen LogP contribution < -0.4 is 0 Å². The third-order valence-corrected chi connectivity index (χ3v) is 9.08. The Kier molecular flexibility index (Phi) is 41.3. The summed E-state index contributed by atoms with van der Waals surface area (Å²) in [7, 11) is 0. The van der Waals surface area contributed by atoms with Crippen LogP contribution in [0.4, 0.5) is 0 Å². The molecule has 9 aromatic rings. The highest BCUT2D eigenvalue weighted by molar-refractivity contribution is 5.74. The van der Waals surface area contributed by atoms with Crippen molar-refractivity contribution in [2.45, 2.75) is 132 Å². The highest BCUT2D eigenvalue weighted by Crippen LogP contribution is 2.28. The minimum atomic E-state index is 0.715. The lowest BCUT2D eigenvalue weighted by Crippen LogP contribution is -1.99. The summed E-state index contributed by atoms with van der Waals surface area (Å²) in [6.45, 7) is 38.0. The van der Waals surface area contributed by atoms with Gasteiger partial charge < -0.3 is 0 Å². The van der Waals surface area contributed by atoms with Gasteiger partial charge in [0.1, 0.15) is 11.6 Å². The molecule has 0 N–H and O–H groups in total. The number of benzene rings is 7. The van der Waals surface area contributed by atoms with Crippen molar-refractivity contribution in [2.24, 2.45) is 0 Å². The molecular weight excluding hydrogens is 887 g/mol. The molecule has 0 aliphatic heterocycles. The molecule has 9 rings (SSSR count). The fraction of sp³-hybridized carbons (Fsp3) is 0.279. The van der Waals surface area contributed by atoms with E-state index in [2.05, 4.69) is 135 Å². The number of hydrogen-bond donors (Lipinski definition) is 0. The predicted molar refractivity (Wildman–Crippen MR) is 326 cm³/mol. The molecule has 0 fully saturated rings. The molecule has 0 spiro atoms. The fourth-order valence-corrected chi connectivity index (χ4v) is 6.37. The van der Waals surface area contributed by atoms with E-state index >= 15 is 0 Å². The van der Waals surface area contributed by atoms with Crippen molar-refractivity contribution in [2.75, 3.05) is 0 Å². The lowest BCUT2D eigenvalue weighted by atomic mass is 9.97. The maximum atomic E-state index is 4.55. The van der Waals surface area contributed by atoms with Crippen molar-refractivity contribution in [3.63, 3.8) is 0 Å². The molecule has 5 heteroatoms. The van der Waals surface area contributed by atoms with Gasteiger partial charge in [-0.1, -0.05) is 305 Å². The maximum absolute atomic E-state index is 4.55. The fourth-order valence-electron chi connectivity index (χ4n) is 6.37. The Morgan fingerprint density at radius 1 is 0.205 bits per heavy atom. The molecule has 0 bridgehead atoms. The van der Waals surface area contributed by atoms with Crippen LogP contribution in [0.1, 0.15) is 128 Å². The van der Waals surface area contributed by atoms with E-state index in [1.807, 2.05) is 228 Å². The van der Waals surface area contributed by atoms with E-state index in [4.69, 9.17) is 0 Å². The first kappa shape index (κ1) is 67.7. The monoisotopic (exact) mass is 978 g/mol. The average Bonchev–Trinajstić information content (AvgIpc) is 3.50. The van der Waals surface area contributed by atoms with Crippen molar-refractivity contribution in [1.29, 1.82) is 0 Å². The quantitative estimate of drug-likeness (QED) is 0.166. The standard InChI is InChI=1S/C19H16.C17H14N2.C16H13N3.8C2H6/c1-15-12-18(16-8-4-2-5-9-16)14-19(13-15)17-10-6-3-7-11-17;1-13-18-16(14-8-4-2-5-9-14)12-17(19-13)15-10-6-3-7-11-15;1-12-17-15(13-8-4-2-5-9-13)19-16(18-12)14-10-6-3-7-11-14;8*1-2/h2-14H,1H3;2-12H,1H3;2-11H,1H3;8*1-2H3. The summed E-state index contributed by atoms with van der Waals surface area (Å²) < 4.78 is 0. The van der Waals surface area contributed by atoms with E-state index in [9.17, 15) is 0 Å². The lowest BCUT2D eigenvalue weighted by molar-refractivity contribution is 0.992. The summed E-state index contributed by atoms with van der Waals surface area (Å²) in [5, 5.41) is 0. The van der Waals surface area contributed by atoms with Crippen LogP contribution in [-0.2, 0) is 0 Å². The predicted octanol–water partition coefficient (Wildman–Crippen LogP) is 21.2. The smallest absolute Gasteiger partial charge is 0.163 e. The molecular formula is C68H91N5. The van der Waals surface area contributed by atoms with Crippen molar-refractivity contribution >= 4 is 0 Å². The summed E-state index contributed by atoms with van der Waals surface area (Å²) in [5.41, 5.74) is 12.6. The molecule has 0 unspecified atom stereocenters. The first-order chi connectivity index (χ1) is 36.0. The zero-order valence-corrected chi connectivity index (χ0v) is 48.4. The largest absolute Gasteiger partial charge is 0.233 e. The van der Waals surface area contributed by atoms with Crippen molar-refractivity contribution in [3.8, 4) is 67.5 Å². The van der Waals surface area contributed by atoms with Crippen LogP contribution in [0.2, 0.25) is 0 Å². The van der Waals surface area contributed by atoms with Gasteiger partial charge in [-0.15, -0.1) is 0 Å². The van der Waals surface area contributed by atoms with Gasteiger partial charge in [0.05, 0.1) is 11.4 Å². The van der Waals surface area contributed by atoms with E-state index in [0.29, 0.717) is 11.6 Å². The van der Waals surface area contributed by atoms with Gasteiger partial charge in [-0.2, -0.15) is 0 Å². The zero-order valence-electron chi connectivity index (χ0n) is 48.4. The third kappa shape index (κ3) is 25.0. The van der Waals surface area contributed by atoms with Crippen LogP contribution >= 0.6 is 0 Å². The molecule has 0 atom stereocenters. The first-order valence-corrected chi connectivity index (χ1v) is 27.0. The molecule has 0 aliphatic carbocycles. The number of aromatic nitrogens is 5. The van der Waals surface area contributed by atoms with Crippen LogP contribution in [0.5, 0.6) is 0 Å². The molecule has 0 saturated heterocycles. The number of nitrogens with zero attached hydrogens (tertiary/aromatic N) is 5. The van der Waals surface area contributed by atoms with Crippen molar-refractivity contribution < 1.29 is 0 Å². The van der Waals surface area contributed by atoms with E-state index in [-0.39, 0.29) is 0 Å². The number of hydrogen-bond acceptors (Lipinski definition) is 5. The highest BCUT2D eigenvalue weighted by Gasteiger charge is 2.08. The second-order valence-electron chi connectivity index (χ2n) is 13.5. The van der Waals surface area contributed by atoms with E-state index < -0.39 is 0 Å². The maximum Gasteiger partial charge on any atom is 0.163 e. The lowest BCUT2D eigenvalue weighted by Gasteiger charge is -2.08. The molecule has 2 heterocycles. The van der Waals surface area contributed by atoms with E-state index in [0.717, 1.165) is 45.3 Å². The summed E-state index contributed by atoms with van der Waals surface area (Å²) in [6.07, 6.45) is 0. The molecule has 0 radical (unpaired) electrons. The zero-order chi connectivity index (χ0) is 55.2. The van der Waals surface area contributed by atoms with Gasteiger partial charge in [0, 0.05) is 22.3 Å². The molecule has 2 aromatic heterocycles. The van der Waals surface area contributed by atoms with Crippen molar-refractivity contribution in [3.05, 3.63) is 223 Å². The van der Waals surface area contributed by atoms with Crippen LogP contribution in [0.3, 0.4) is 0 Å². The van der Waals surface area contributed by atoms with E-state index in [1.54, 1.807) is 0 Å². The van der Waals surface area contributed by atoms with Crippen molar-refractivity contribution in [1.82, 2.24) is 24.9 Å². The Morgan fingerprint density at radius 3 is 0.712 bits per heavy atom. The molecule has 0 aliphatic rings. The Balaban J connectivity index is 0. The van der Waals surface area contributed by atoms with Gasteiger partial charge in [-0.25, -0.2) is 24.9 Å². The normalized spacial score (nSPS) is 8.75. The van der Waals surface area contributed by atoms with Gasteiger partial charge in [-0.05, 0) is 60.7 Å². The minimum Gasteiger partial charge on any atom is -0.233 e. The van der Waals surface area contributed by atoms with E-state index in [1.165, 1.54) is 27.8 Å². The number of rotatable bonds is 6. The first-order valence-electron chi connectivity index (χ1n) is 27.0. The molecule has 5 nitrogen and oxygen atoms in total. The SMILES string of the molecule is CC.CC.CC.CC.CC.CC.CC.CC.Cc1cc(-c2ccccc2)cc(-c2ccccc2)c1.Cc1nc(-c2ccccc2)cc(-c2ccccc2)n1.Cc1nc(-c2ccccc2)nc(-c2ccccc2)n1. The molecule has 7 aromatic carbocycles. The molecule has 388 valence electrons. The highest BCUT2D eigenvalue weighted by atomic mass is 15.0. The van der Waals surface area contributed by atoms with Gasteiger partial charge >= 0.3 is 0 Å². The second kappa shape index (κ2) is 44.6. The molecule has 0 saturated carbocycles. The van der Waals surface area contributed by atoms with Crippen LogP contribution in [0.25, 0.3) is 67.5 Å². The van der Waals surface area contributed by atoms with Gasteiger partial charge in [-0.3, -0.25) is 0 Å². The van der Waals surface area contributed by atoms with Gasteiger partial charge in [0.2, 0.25) is 0 Å². The average molecular weight is 979 g/mol. The second-order valence-corrected chi connectivity index (χ2v) is 13.5. The summed E-state index contributed by atoms with van der Waals surface area (Å²) in [5.74, 6) is 2.95. The Morgan fingerprint density at radius 2 is 0.438 bits per heavy atom. The molecule has 73 heavy (non-hydrogen) atoms. The Labute approximate surface area is 445 Å². The number of aryl methyl sites for hydroxylation is 3. The Bertz CT molecular complexity index is 2150. The third-order valence-electron chi connectivity index (χ3n) is 9.08. The van der Waals surface area contributed by atoms with Crippen LogP contribution in [-0.4, -0.2) is 24.9 Å². The van der Waals surface area contributed by atoms with Crippen LogP contribution in [0.15, 0.2) is 206 Å². The summed E-state index contributed by atoms with van der Waals surface area (Å²) >= 11 is 0. The topological polar surface area (TPSA) is 64.5 Å². The minimum absolute atomic E-state index is 0.715.